The number of ether oxygens (including phenoxy) is 1. The summed E-state index contributed by atoms with van der Waals surface area (Å²) in [5.41, 5.74) is 2.79. The maximum absolute atomic E-state index is 13.3. The van der Waals surface area contributed by atoms with Crippen LogP contribution in [0.5, 0.6) is 5.75 Å². The fourth-order valence-corrected chi connectivity index (χ4v) is 5.72. The molecule has 0 saturated heterocycles. The molecule has 0 radical (unpaired) electrons. The Morgan fingerprint density at radius 2 is 2.00 bits per heavy atom. The summed E-state index contributed by atoms with van der Waals surface area (Å²) in [4.78, 5) is 26.2. The first-order valence-electron chi connectivity index (χ1n) is 11.1. The van der Waals surface area contributed by atoms with Crippen molar-refractivity contribution in [2.75, 3.05) is 36.5 Å². The van der Waals surface area contributed by atoms with E-state index in [0.717, 1.165) is 11.3 Å². The van der Waals surface area contributed by atoms with Gasteiger partial charge >= 0.3 is 0 Å². The Morgan fingerprint density at radius 3 is 2.82 bits per heavy atom. The predicted molar refractivity (Wildman–Crippen MR) is 128 cm³/mol. The number of carbonyl (C=O) groups is 1. The van der Waals surface area contributed by atoms with Crippen molar-refractivity contribution in [1.82, 2.24) is 14.7 Å². The van der Waals surface area contributed by atoms with E-state index in [4.69, 9.17) is 4.74 Å². The van der Waals surface area contributed by atoms with Crippen LogP contribution in [0.3, 0.4) is 0 Å². The summed E-state index contributed by atoms with van der Waals surface area (Å²) in [7, 11) is -1.75. The Kier molecular flexibility index (Phi) is 5.70. The first kappa shape index (κ1) is 22.3. The highest BCUT2D eigenvalue weighted by atomic mass is 32.2. The normalized spacial score (nSPS) is 16.4. The molecule has 0 atom stereocenters. The summed E-state index contributed by atoms with van der Waals surface area (Å²) in [6.45, 7) is 3.29. The number of nitrogens with one attached hydrogen (secondary N) is 1. The second kappa shape index (κ2) is 8.69. The highest BCUT2D eigenvalue weighted by Gasteiger charge is 2.30. The van der Waals surface area contributed by atoms with Crippen molar-refractivity contribution in [3.63, 3.8) is 0 Å². The topological polar surface area (TPSA) is 105 Å². The number of hydrogen-bond donors (Lipinski definition) is 1. The molecule has 1 amide bonds. The summed E-state index contributed by atoms with van der Waals surface area (Å²) < 4.78 is 33.0. The lowest BCUT2D eigenvalue weighted by molar-refractivity contribution is 0.0994. The van der Waals surface area contributed by atoms with Gasteiger partial charge in [0.25, 0.3) is 5.91 Å². The molecule has 0 saturated carbocycles. The zero-order valence-corrected chi connectivity index (χ0v) is 19.8. The molecule has 4 heterocycles. The Morgan fingerprint density at radius 1 is 1.15 bits per heavy atom. The van der Waals surface area contributed by atoms with Crippen molar-refractivity contribution in [3.05, 3.63) is 65.5 Å². The van der Waals surface area contributed by atoms with Crippen LogP contribution >= 0.6 is 0 Å². The average molecular weight is 480 g/mol. The third-order valence-corrected chi connectivity index (χ3v) is 7.65. The van der Waals surface area contributed by atoms with Crippen molar-refractivity contribution < 1.29 is 17.9 Å². The fourth-order valence-electron chi connectivity index (χ4n) is 4.40. The molecule has 3 aromatic rings. The van der Waals surface area contributed by atoms with E-state index in [0.29, 0.717) is 61.1 Å². The van der Waals surface area contributed by atoms with E-state index in [9.17, 15) is 13.2 Å². The number of sulfonamides is 1. The lowest BCUT2D eigenvalue weighted by atomic mass is 10.1. The standard InChI is InChI=1S/C24H25N5O4S/c1-3-29-22-18(24(30)28(2)19-6-5-11-25-23(19)29)14-16(15-26-22)10-13-33-20-7-4-8-21-17(20)9-12-27-34(21,31)32/h4-8,11,14-15,27H,3,9-10,12-13H2,1-2H3. The number of amides is 1. The van der Waals surface area contributed by atoms with Gasteiger partial charge in [0.05, 0.1) is 22.8 Å². The summed E-state index contributed by atoms with van der Waals surface area (Å²) in [5.74, 6) is 1.70. The van der Waals surface area contributed by atoms with E-state index in [2.05, 4.69) is 14.7 Å². The summed E-state index contributed by atoms with van der Waals surface area (Å²) in [6.07, 6.45) is 4.55. The Labute approximate surface area is 198 Å². The minimum atomic E-state index is -3.49. The van der Waals surface area contributed by atoms with Crippen molar-refractivity contribution in [3.8, 4) is 5.75 Å². The number of fused-ring (bicyclic) bond motifs is 3. The van der Waals surface area contributed by atoms with Crippen molar-refractivity contribution in [2.24, 2.45) is 0 Å². The van der Waals surface area contributed by atoms with E-state index < -0.39 is 10.0 Å². The van der Waals surface area contributed by atoms with Gasteiger partial charge in [-0.15, -0.1) is 0 Å². The zero-order chi connectivity index (χ0) is 23.9. The molecule has 9 nitrogen and oxygen atoms in total. The molecule has 2 aliphatic rings. The lowest BCUT2D eigenvalue weighted by Crippen LogP contribution is -2.32. The van der Waals surface area contributed by atoms with Crippen LogP contribution in [0.2, 0.25) is 0 Å². The van der Waals surface area contributed by atoms with E-state index in [1.54, 1.807) is 42.5 Å². The van der Waals surface area contributed by atoms with Gasteiger partial charge in [0.1, 0.15) is 11.6 Å². The van der Waals surface area contributed by atoms with Gasteiger partial charge < -0.3 is 14.5 Å². The van der Waals surface area contributed by atoms with Crippen LogP contribution < -0.4 is 19.3 Å². The number of hydrogen-bond acceptors (Lipinski definition) is 7. The number of carbonyl (C=O) groups excluding carboxylic acids is 1. The van der Waals surface area contributed by atoms with Gasteiger partial charge in [0.2, 0.25) is 10.0 Å². The average Bonchev–Trinajstić information content (AvgIpc) is 2.92. The van der Waals surface area contributed by atoms with Crippen molar-refractivity contribution in [2.45, 2.75) is 24.7 Å². The maximum Gasteiger partial charge on any atom is 0.261 e. The summed E-state index contributed by atoms with van der Waals surface area (Å²) >= 11 is 0. The number of anilines is 3. The minimum absolute atomic E-state index is 0.148. The third-order valence-electron chi connectivity index (χ3n) is 6.11. The van der Waals surface area contributed by atoms with Gasteiger partial charge in [-0.1, -0.05) is 6.07 Å². The Balaban J connectivity index is 1.39. The van der Waals surface area contributed by atoms with Gasteiger partial charge in [-0.05, 0) is 49.2 Å². The van der Waals surface area contributed by atoms with Gasteiger partial charge in [-0.25, -0.2) is 23.1 Å². The molecule has 10 heteroatoms. The summed E-state index contributed by atoms with van der Waals surface area (Å²) in [5, 5.41) is 0. The first-order valence-corrected chi connectivity index (χ1v) is 12.6. The number of benzene rings is 1. The monoisotopic (exact) mass is 479 g/mol. The highest BCUT2D eigenvalue weighted by molar-refractivity contribution is 7.89. The molecule has 0 spiro atoms. The predicted octanol–water partition coefficient (Wildman–Crippen LogP) is 2.68. The largest absolute Gasteiger partial charge is 0.493 e. The number of aromatic nitrogens is 2. The van der Waals surface area contributed by atoms with Gasteiger partial charge in [-0.3, -0.25) is 4.79 Å². The van der Waals surface area contributed by atoms with Crippen LogP contribution in [0, 0.1) is 0 Å². The molecule has 5 rings (SSSR count). The molecule has 0 aliphatic carbocycles. The fraction of sp³-hybridized carbons (Fsp3) is 0.292. The number of rotatable bonds is 5. The Bertz CT molecular complexity index is 1380. The SMILES string of the molecule is CCN1c2ncc(CCOc3cccc4c3CCNS4(=O)=O)cc2C(=O)N(C)c2cccnc21. The minimum Gasteiger partial charge on any atom is -0.493 e. The molecule has 1 aromatic carbocycles. The maximum atomic E-state index is 13.3. The molecular weight excluding hydrogens is 454 g/mol. The van der Waals surface area contributed by atoms with Gasteiger partial charge in [0.15, 0.2) is 5.82 Å². The van der Waals surface area contributed by atoms with Crippen LogP contribution in [0.15, 0.2) is 53.7 Å². The van der Waals surface area contributed by atoms with Crippen LogP contribution in [0.1, 0.15) is 28.4 Å². The first-order chi connectivity index (χ1) is 16.4. The van der Waals surface area contributed by atoms with Crippen LogP contribution in [0.25, 0.3) is 0 Å². The van der Waals surface area contributed by atoms with Crippen LogP contribution in [-0.4, -0.2) is 51.0 Å². The van der Waals surface area contributed by atoms with Gasteiger partial charge in [-0.2, -0.15) is 0 Å². The smallest absolute Gasteiger partial charge is 0.261 e. The second-order valence-electron chi connectivity index (χ2n) is 8.15. The highest BCUT2D eigenvalue weighted by Crippen LogP contribution is 2.37. The molecule has 0 unspecified atom stereocenters. The third kappa shape index (κ3) is 3.78. The Hall–Kier alpha value is -3.50. The van der Waals surface area contributed by atoms with Crippen LogP contribution in [-0.2, 0) is 22.9 Å². The molecule has 176 valence electrons. The van der Waals surface area contributed by atoms with E-state index in [1.807, 2.05) is 30.0 Å². The summed E-state index contributed by atoms with van der Waals surface area (Å²) in [6, 6.07) is 10.6. The number of nitrogens with zero attached hydrogens (tertiary/aromatic N) is 4. The molecule has 0 bridgehead atoms. The molecule has 0 fully saturated rings. The van der Waals surface area contributed by atoms with Crippen LogP contribution in [0.4, 0.5) is 17.3 Å². The van der Waals surface area contributed by atoms with E-state index >= 15 is 0 Å². The van der Waals surface area contributed by atoms with E-state index in [1.165, 1.54) is 0 Å². The molecular formula is C24H25N5O4S. The second-order valence-corrected chi connectivity index (χ2v) is 9.88. The van der Waals surface area contributed by atoms with Crippen molar-refractivity contribution >= 4 is 33.3 Å². The number of pyridine rings is 2. The van der Waals surface area contributed by atoms with Crippen molar-refractivity contribution in [1.29, 1.82) is 0 Å². The molecule has 2 aromatic heterocycles. The molecule has 34 heavy (non-hydrogen) atoms. The quantitative estimate of drug-likeness (QED) is 0.600. The van der Waals surface area contributed by atoms with E-state index in [-0.39, 0.29) is 10.8 Å². The molecule has 1 N–H and O–H groups in total. The van der Waals surface area contributed by atoms with Gasteiger partial charge in [0, 0.05) is 44.5 Å². The zero-order valence-electron chi connectivity index (χ0n) is 19.0. The lowest BCUT2D eigenvalue weighted by Gasteiger charge is -2.22. The molecule has 2 aliphatic heterocycles.